The number of nitrogens with zero attached hydrogens (tertiary/aromatic N) is 3. The smallest absolute Gasteiger partial charge is 0.139 e. The number of rotatable bonds is 6. The van der Waals surface area contributed by atoms with E-state index >= 15 is 0 Å². The van der Waals surface area contributed by atoms with Gasteiger partial charge in [-0.1, -0.05) is 37.3 Å². The summed E-state index contributed by atoms with van der Waals surface area (Å²) in [6.07, 6.45) is 3.56. The molecule has 0 amide bonds. The first-order chi connectivity index (χ1) is 11.4. The van der Waals surface area contributed by atoms with Crippen LogP contribution in [0.15, 0.2) is 42.7 Å². The molecule has 2 heterocycles. The van der Waals surface area contributed by atoms with E-state index in [1.807, 2.05) is 29.1 Å². The quantitative estimate of drug-likeness (QED) is 0.350. The van der Waals surface area contributed by atoms with Crippen molar-refractivity contribution < 1.29 is 4.74 Å². The van der Waals surface area contributed by atoms with Crippen molar-refractivity contribution >= 4 is 30.6 Å². The molecule has 0 radical (unpaired) electrons. The van der Waals surface area contributed by atoms with Crippen molar-refractivity contribution in [2.75, 3.05) is 6.61 Å². The maximum Gasteiger partial charge on any atom is 0.139 e. The van der Waals surface area contributed by atoms with E-state index in [2.05, 4.69) is 41.9 Å². The Morgan fingerprint density at radius 2 is 2.04 bits per heavy atom. The molecule has 6 heteroatoms. The minimum atomic E-state index is -1.06. The lowest BCUT2D eigenvalue weighted by atomic mass is 10.1. The number of halogens is 1. The Morgan fingerprint density at radius 3 is 2.79 bits per heavy atom. The normalized spacial score (nSPS) is 12.0. The largest absolute Gasteiger partial charge is 0.360 e. The highest BCUT2D eigenvalue weighted by Crippen LogP contribution is 2.28. The van der Waals surface area contributed by atoms with E-state index in [0.717, 1.165) is 34.7 Å². The van der Waals surface area contributed by atoms with Crippen LogP contribution in [0.5, 0.6) is 0 Å². The van der Waals surface area contributed by atoms with E-state index in [-0.39, 0.29) is 0 Å². The maximum absolute atomic E-state index is 6.19. The fraction of sp³-hybridized carbons (Fsp3) is 0.333. The number of hydrogen-bond donors (Lipinski definition) is 0. The van der Waals surface area contributed by atoms with E-state index in [1.165, 1.54) is 0 Å². The van der Waals surface area contributed by atoms with Gasteiger partial charge in [0.25, 0.3) is 0 Å². The Kier molecular flexibility index (Phi) is 5.03. The molecule has 126 valence electrons. The van der Waals surface area contributed by atoms with Crippen LogP contribution in [0, 0.1) is 0 Å². The van der Waals surface area contributed by atoms with Crippen LogP contribution in [0.2, 0.25) is 30.8 Å². The second kappa shape index (κ2) is 7.05. The van der Waals surface area contributed by atoms with Gasteiger partial charge in [0.1, 0.15) is 11.9 Å². The van der Waals surface area contributed by atoms with E-state index in [9.17, 15) is 0 Å². The molecule has 0 unspecified atom stereocenters. The Morgan fingerprint density at radius 1 is 1.21 bits per heavy atom. The van der Waals surface area contributed by atoms with Gasteiger partial charge in [-0.15, -0.1) is 0 Å². The highest BCUT2D eigenvalue weighted by atomic mass is 35.5. The van der Waals surface area contributed by atoms with Gasteiger partial charge in [-0.2, -0.15) is 5.10 Å². The van der Waals surface area contributed by atoms with Gasteiger partial charge in [-0.3, -0.25) is 0 Å². The Hall–Kier alpha value is -1.69. The van der Waals surface area contributed by atoms with Gasteiger partial charge in [-0.05, 0) is 35.9 Å². The fourth-order valence-corrected chi connectivity index (χ4v) is 3.47. The molecular weight excluding hydrogens is 338 g/mol. The van der Waals surface area contributed by atoms with Crippen LogP contribution in [-0.4, -0.2) is 29.4 Å². The highest BCUT2D eigenvalue weighted by molar-refractivity contribution is 6.76. The third-order valence-electron chi connectivity index (χ3n) is 3.92. The Balaban J connectivity index is 1.76. The number of fused-ring (bicyclic) bond motifs is 1. The van der Waals surface area contributed by atoms with Gasteiger partial charge in [0.15, 0.2) is 0 Å². The first kappa shape index (κ1) is 17.1. The molecule has 0 spiro atoms. The van der Waals surface area contributed by atoms with Gasteiger partial charge >= 0.3 is 0 Å². The molecule has 1 aromatic carbocycles. The van der Waals surface area contributed by atoms with Crippen LogP contribution in [0.25, 0.3) is 22.0 Å². The maximum atomic E-state index is 6.19. The summed E-state index contributed by atoms with van der Waals surface area (Å²) in [4.78, 5) is 4.14. The van der Waals surface area contributed by atoms with Crippen LogP contribution < -0.4 is 0 Å². The standard InChI is InChI=1S/C18H22ClN3OSi/c1-24(2,3)10-9-23-13-22-17-7-6-14(11-15(17)12-21-22)16-5-4-8-20-18(16)19/h4-8,11-12H,9-10,13H2,1-3H3. The topological polar surface area (TPSA) is 39.9 Å². The summed E-state index contributed by atoms with van der Waals surface area (Å²) in [7, 11) is -1.06. The van der Waals surface area contributed by atoms with Gasteiger partial charge in [0.2, 0.25) is 0 Å². The van der Waals surface area contributed by atoms with Crippen LogP contribution in [0.3, 0.4) is 0 Å². The molecule has 3 rings (SSSR count). The van der Waals surface area contributed by atoms with Crippen LogP contribution in [-0.2, 0) is 11.5 Å². The average molecular weight is 360 g/mol. The molecule has 0 saturated heterocycles. The van der Waals surface area contributed by atoms with Crippen molar-refractivity contribution in [3.8, 4) is 11.1 Å². The Labute approximate surface area is 148 Å². The molecule has 24 heavy (non-hydrogen) atoms. The van der Waals surface area contributed by atoms with Crippen molar-refractivity contribution in [2.24, 2.45) is 0 Å². The highest BCUT2D eigenvalue weighted by Gasteiger charge is 2.12. The minimum absolute atomic E-state index is 0.487. The molecule has 0 bridgehead atoms. The zero-order valence-electron chi connectivity index (χ0n) is 14.3. The predicted molar refractivity (Wildman–Crippen MR) is 102 cm³/mol. The van der Waals surface area contributed by atoms with Crippen LogP contribution >= 0.6 is 11.6 Å². The zero-order chi connectivity index (χ0) is 17.2. The van der Waals surface area contributed by atoms with Crippen LogP contribution in [0.1, 0.15) is 0 Å². The third-order valence-corrected chi connectivity index (χ3v) is 5.93. The second-order valence-electron chi connectivity index (χ2n) is 7.11. The van der Waals surface area contributed by atoms with Gasteiger partial charge in [-0.25, -0.2) is 9.67 Å². The zero-order valence-corrected chi connectivity index (χ0v) is 16.0. The number of aromatic nitrogens is 3. The summed E-state index contributed by atoms with van der Waals surface area (Å²) in [6.45, 7) is 8.34. The summed E-state index contributed by atoms with van der Waals surface area (Å²) in [6, 6.07) is 11.2. The molecule has 0 saturated carbocycles. The fourth-order valence-electron chi connectivity index (χ4n) is 2.49. The lowest BCUT2D eigenvalue weighted by Gasteiger charge is -2.15. The molecule has 3 aromatic rings. The van der Waals surface area contributed by atoms with Crippen molar-refractivity contribution in [1.29, 1.82) is 0 Å². The molecule has 2 aromatic heterocycles. The van der Waals surface area contributed by atoms with E-state index in [4.69, 9.17) is 16.3 Å². The number of ether oxygens (including phenoxy) is 1. The van der Waals surface area contributed by atoms with E-state index in [1.54, 1.807) is 6.20 Å². The van der Waals surface area contributed by atoms with Gasteiger partial charge in [0, 0.05) is 31.8 Å². The second-order valence-corrected chi connectivity index (χ2v) is 13.1. The molecule has 4 nitrogen and oxygen atoms in total. The first-order valence-electron chi connectivity index (χ1n) is 8.08. The van der Waals surface area contributed by atoms with Gasteiger partial charge in [0.05, 0.1) is 11.7 Å². The van der Waals surface area contributed by atoms with E-state index < -0.39 is 8.07 Å². The summed E-state index contributed by atoms with van der Waals surface area (Å²) in [5.41, 5.74) is 3.03. The number of benzene rings is 1. The minimum Gasteiger partial charge on any atom is -0.360 e. The monoisotopic (exact) mass is 359 g/mol. The summed E-state index contributed by atoms with van der Waals surface area (Å²) >= 11 is 6.19. The molecule has 0 N–H and O–H groups in total. The Bertz CT molecular complexity index is 842. The average Bonchev–Trinajstić information content (AvgIpc) is 2.93. The molecule has 0 aliphatic rings. The van der Waals surface area contributed by atoms with Crippen molar-refractivity contribution in [2.45, 2.75) is 32.4 Å². The van der Waals surface area contributed by atoms with Crippen molar-refractivity contribution in [3.63, 3.8) is 0 Å². The summed E-state index contributed by atoms with van der Waals surface area (Å²) in [5, 5.41) is 6.02. The van der Waals surface area contributed by atoms with Crippen molar-refractivity contribution in [3.05, 3.63) is 47.9 Å². The lowest BCUT2D eigenvalue weighted by Crippen LogP contribution is -2.22. The third kappa shape index (κ3) is 4.04. The first-order valence-corrected chi connectivity index (χ1v) is 12.2. The summed E-state index contributed by atoms with van der Waals surface area (Å²) < 4.78 is 7.70. The molecular formula is C18H22ClN3OSi. The molecule has 0 aliphatic heterocycles. The molecule has 0 atom stereocenters. The summed E-state index contributed by atoms with van der Waals surface area (Å²) in [5.74, 6) is 0. The SMILES string of the molecule is C[Si](C)(C)CCOCn1ncc2cc(-c3cccnc3Cl)ccc21. The van der Waals surface area contributed by atoms with Crippen molar-refractivity contribution in [1.82, 2.24) is 14.8 Å². The van der Waals surface area contributed by atoms with Gasteiger partial charge < -0.3 is 4.74 Å². The van der Waals surface area contributed by atoms with E-state index in [0.29, 0.717) is 11.9 Å². The number of pyridine rings is 1. The predicted octanol–water partition coefficient (Wildman–Crippen LogP) is 5.06. The molecule has 0 fully saturated rings. The lowest BCUT2D eigenvalue weighted by molar-refractivity contribution is 0.0817. The molecule has 0 aliphatic carbocycles. The van der Waals surface area contributed by atoms with Crippen LogP contribution in [0.4, 0.5) is 0 Å². The number of hydrogen-bond acceptors (Lipinski definition) is 3.